The van der Waals surface area contributed by atoms with Gasteiger partial charge in [-0.15, -0.1) is 5.10 Å². The molecule has 1 N–H and O–H groups in total. The number of nitrogens with one attached hydrogen (secondary N) is 1. The minimum atomic E-state index is -0.510. The summed E-state index contributed by atoms with van der Waals surface area (Å²) in [5, 5.41) is 10.4. The fourth-order valence-electron chi connectivity index (χ4n) is 1.36. The first kappa shape index (κ1) is 13.7. The van der Waals surface area contributed by atoms with E-state index in [9.17, 15) is 4.79 Å². The number of aromatic amines is 1. The molecule has 1 aromatic heterocycles. The van der Waals surface area contributed by atoms with E-state index in [4.69, 9.17) is 4.74 Å². The van der Waals surface area contributed by atoms with Gasteiger partial charge in [-0.05, 0) is 33.1 Å². The van der Waals surface area contributed by atoms with Gasteiger partial charge in [0.1, 0.15) is 5.60 Å². The largest absolute Gasteiger partial charge is 0.455 e. The van der Waals surface area contributed by atoms with Crippen LogP contribution in [0.5, 0.6) is 0 Å². The van der Waals surface area contributed by atoms with Gasteiger partial charge < -0.3 is 4.74 Å². The number of nitrogens with zero attached hydrogens (tertiary/aromatic N) is 2. The third-order valence-corrected chi connectivity index (χ3v) is 2.45. The molecule has 5 heteroatoms. The van der Waals surface area contributed by atoms with Gasteiger partial charge in [0.25, 0.3) is 0 Å². The average molecular weight is 239 g/mol. The van der Waals surface area contributed by atoms with Crippen molar-refractivity contribution in [2.75, 3.05) is 0 Å². The third-order valence-electron chi connectivity index (χ3n) is 2.45. The predicted molar refractivity (Wildman–Crippen MR) is 64.7 cm³/mol. The zero-order valence-electron chi connectivity index (χ0n) is 11.2. The highest BCUT2D eigenvalue weighted by atomic mass is 16.6. The van der Waals surface area contributed by atoms with E-state index < -0.39 is 11.6 Å². The van der Waals surface area contributed by atoms with Crippen LogP contribution in [0.2, 0.25) is 0 Å². The van der Waals surface area contributed by atoms with E-state index in [1.165, 1.54) is 0 Å². The lowest BCUT2D eigenvalue weighted by Gasteiger charge is -2.18. The molecule has 1 heterocycles. The number of aromatic nitrogens is 3. The van der Waals surface area contributed by atoms with Gasteiger partial charge in [0.05, 0.1) is 5.69 Å². The van der Waals surface area contributed by atoms with Crippen LogP contribution in [-0.4, -0.2) is 27.0 Å². The van der Waals surface area contributed by atoms with Gasteiger partial charge in [0.2, 0.25) is 0 Å². The molecule has 5 nitrogen and oxygen atoms in total. The van der Waals surface area contributed by atoms with Crippen LogP contribution in [0.3, 0.4) is 0 Å². The topological polar surface area (TPSA) is 67.9 Å². The SMILES string of the molecule is CCC(C)Cc1n[nH]nc1C(=O)OC(C)(C)C. The molecule has 17 heavy (non-hydrogen) atoms. The standard InChI is InChI=1S/C12H21N3O2/c1-6-8(2)7-9-10(14-15-13-9)11(16)17-12(3,4)5/h8H,6-7H2,1-5H3,(H,13,14,15). The van der Waals surface area contributed by atoms with Gasteiger partial charge >= 0.3 is 5.97 Å². The summed E-state index contributed by atoms with van der Waals surface area (Å²) in [6.07, 6.45) is 1.78. The Morgan fingerprint density at radius 3 is 2.59 bits per heavy atom. The van der Waals surface area contributed by atoms with E-state index in [0.29, 0.717) is 17.3 Å². The highest BCUT2D eigenvalue weighted by Gasteiger charge is 2.23. The molecule has 1 aromatic rings. The lowest BCUT2D eigenvalue weighted by molar-refractivity contribution is 0.00614. The summed E-state index contributed by atoms with van der Waals surface area (Å²) in [5.41, 5.74) is 0.484. The number of hydrogen-bond acceptors (Lipinski definition) is 4. The molecular formula is C12H21N3O2. The lowest BCUT2D eigenvalue weighted by Crippen LogP contribution is -2.25. The van der Waals surface area contributed by atoms with Gasteiger partial charge in [0.15, 0.2) is 5.69 Å². The first-order valence-electron chi connectivity index (χ1n) is 5.96. The Balaban J connectivity index is 2.78. The molecule has 96 valence electrons. The second-order valence-electron chi connectivity index (χ2n) is 5.34. The van der Waals surface area contributed by atoms with E-state index in [1.807, 2.05) is 20.8 Å². The maximum Gasteiger partial charge on any atom is 0.361 e. The molecule has 0 saturated heterocycles. The van der Waals surface area contributed by atoms with Crippen LogP contribution in [0.25, 0.3) is 0 Å². The molecule has 0 fully saturated rings. The van der Waals surface area contributed by atoms with Crippen molar-refractivity contribution in [3.05, 3.63) is 11.4 Å². The van der Waals surface area contributed by atoms with Crippen molar-refractivity contribution >= 4 is 5.97 Å². The number of H-pyrrole nitrogens is 1. The summed E-state index contributed by atoms with van der Waals surface area (Å²) in [5.74, 6) is 0.0610. The number of esters is 1. The third kappa shape index (κ3) is 4.17. The number of rotatable bonds is 4. The maximum atomic E-state index is 11.9. The summed E-state index contributed by atoms with van der Waals surface area (Å²) < 4.78 is 5.28. The van der Waals surface area contributed by atoms with Gasteiger partial charge in [-0.3, -0.25) is 0 Å². The molecule has 0 aromatic carbocycles. The summed E-state index contributed by atoms with van der Waals surface area (Å²) in [4.78, 5) is 11.9. The normalized spacial score (nSPS) is 13.5. The van der Waals surface area contributed by atoms with Crippen LogP contribution >= 0.6 is 0 Å². The molecular weight excluding hydrogens is 218 g/mol. The van der Waals surface area contributed by atoms with Crippen LogP contribution in [0.15, 0.2) is 0 Å². The Kier molecular flexibility index (Phi) is 4.26. The molecule has 0 aliphatic carbocycles. The second-order valence-corrected chi connectivity index (χ2v) is 5.34. The lowest BCUT2D eigenvalue weighted by atomic mass is 10.0. The van der Waals surface area contributed by atoms with Crippen LogP contribution < -0.4 is 0 Å². The van der Waals surface area contributed by atoms with E-state index in [0.717, 1.165) is 12.8 Å². The molecule has 0 spiro atoms. The first-order valence-corrected chi connectivity index (χ1v) is 5.96. The summed E-state index contributed by atoms with van der Waals surface area (Å²) in [7, 11) is 0. The minimum absolute atomic E-state index is 0.306. The van der Waals surface area contributed by atoms with E-state index >= 15 is 0 Å². The van der Waals surface area contributed by atoms with Gasteiger partial charge in [-0.25, -0.2) is 4.79 Å². The van der Waals surface area contributed by atoms with E-state index in [-0.39, 0.29) is 0 Å². The Labute approximate surface area is 102 Å². The predicted octanol–water partition coefficient (Wildman–Crippen LogP) is 2.35. The van der Waals surface area contributed by atoms with Crippen molar-refractivity contribution in [3.63, 3.8) is 0 Å². The fourth-order valence-corrected chi connectivity index (χ4v) is 1.36. The Morgan fingerprint density at radius 1 is 1.41 bits per heavy atom. The molecule has 0 radical (unpaired) electrons. The summed E-state index contributed by atoms with van der Waals surface area (Å²) in [6.45, 7) is 9.73. The van der Waals surface area contributed by atoms with Crippen molar-refractivity contribution < 1.29 is 9.53 Å². The van der Waals surface area contributed by atoms with Crippen molar-refractivity contribution in [1.82, 2.24) is 15.4 Å². The van der Waals surface area contributed by atoms with Crippen LogP contribution in [0.4, 0.5) is 0 Å². The van der Waals surface area contributed by atoms with Crippen LogP contribution in [0.1, 0.15) is 57.2 Å². The van der Waals surface area contributed by atoms with Gasteiger partial charge in [-0.1, -0.05) is 20.3 Å². The molecule has 0 aliphatic rings. The zero-order chi connectivity index (χ0) is 13.1. The molecule has 0 aliphatic heterocycles. The quantitative estimate of drug-likeness (QED) is 0.819. The van der Waals surface area contributed by atoms with Gasteiger partial charge in [-0.2, -0.15) is 10.3 Å². The Hall–Kier alpha value is -1.39. The molecule has 1 unspecified atom stereocenters. The van der Waals surface area contributed by atoms with E-state index in [1.54, 1.807) is 0 Å². The smallest absolute Gasteiger partial charge is 0.361 e. The van der Waals surface area contributed by atoms with Crippen molar-refractivity contribution in [2.24, 2.45) is 5.92 Å². The Bertz CT molecular complexity index is 379. The molecule has 0 bridgehead atoms. The first-order chi connectivity index (χ1) is 7.83. The molecule has 1 atom stereocenters. The second kappa shape index (κ2) is 5.29. The van der Waals surface area contributed by atoms with Crippen LogP contribution in [0, 0.1) is 5.92 Å². The number of ether oxygens (including phenoxy) is 1. The average Bonchev–Trinajstić information content (AvgIpc) is 2.63. The van der Waals surface area contributed by atoms with E-state index in [2.05, 4.69) is 29.3 Å². The van der Waals surface area contributed by atoms with Crippen LogP contribution in [-0.2, 0) is 11.2 Å². The number of hydrogen-bond donors (Lipinski definition) is 1. The zero-order valence-corrected chi connectivity index (χ0v) is 11.2. The maximum absolute atomic E-state index is 11.9. The summed E-state index contributed by atoms with van der Waals surface area (Å²) >= 11 is 0. The summed E-state index contributed by atoms with van der Waals surface area (Å²) in [6, 6.07) is 0. The fraction of sp³-hybridized carbons (Fsp3) is 0.750. The number of carbonyl (C=O) groups is 1. The monoisotopic (exact) mass is 239 g/mol. The molecule has 0 amide bonds. The number of carbonyl (C=O) groups excluding carboxylic acids is 1. The minimum Gasteiger partial charge on any atom is -0.455 e. The highest BCUT2D eigenvalue weighted by molar-refractivity contribution is 5.88. The Morgan fingerprint density at radius 2 is 2.06 bits per heavy atom. The van der Waals surface area contributed by atoms with Gasteiger partial charge in [0, 0.05) is 0 Å². The van der Waals surface area contributed by atoms with Crippen molar-refractivity contribution in [2.45, 2.75) is 53.1 Å². The molecule has 0 saturated carbocycles. The van der Waals surface area contributed by atoms with Crippen molar-refractivity contribution in [3.8, 4) is 0 Å². The van der Waals surface area contributed by atoms with Crippen molar-refractivity contribution in [1.29, 1.82) is 0 Å². The highest BCUT2D eigenvalue weighted by Crippen LogP contribution is 2.15. The molecule has 1 rings (SSSR count).